The number of nitrogens with zero attached hydrogens (tertiary/aromatic N) is 5. The number of carbonyl (C=O) groups excluding carboxylic acids is 1. The van der Waals surface area contributed by atoms with Gasteiger partial charge in [-0.2, -0.15) is 0 Å². The lowest BCUT2D eigenvalue weighted by Gasteiger charge is -2.38. The normalized spacial score (nSPS) is 18.9. The molecule has 1 aliphatic heterocycles. The maximum absolute atomic E-state index is 13.2. The smallest absolute Gasteiger partial charge is 0.257 e. The number of carbonyl (C=O) groups is 1. The van der Waals surface area contributed by atoms with Crippen molar-refractivity contribution >= 4 is 34.0 Å². The first-order chi connectivity index (χ1) is 15.4. The van der Waals surface area contributed by atoms with Gasteiger partial charge in [0.15, 0.2) is 11.4 Å². The third-order valence-corrected chi connectivity index (χ3v) is 5.66. The molecule has 0 saturated carbocycles. The van der Waals surface area contributed by atoms with E-state index in [0.717, 1.165) is 24.5 Å². The van der Waals surface area contributed by atoms with E-state index in [1.165, 1.54) is 6.07 Å². The number of anilines is 2. The van der Waals surface area contributed by atoms with E-state index in [0.29, 0.717) is 40.0 Å². The molecule has 0 spiro atoms. The summed E-state index contributed by atoms with van der Waals surface area (Å²) in [5, 5.41) is 16.7. The number of nitrogens with one attached hydrogen (secondary N) is 2. The van der Waals surface area contributed by atoms with Crippen LogP contribution in [0.1, 0.15) is 29.9 Å². The number of hydrogen-bond donors (Lipinski definition) is 3. The standard InChI is InChI=1S/C23H25N7O2/c1-13-9-29(10-14(2)26-13)18-5-4-17(20-21(18)25-7-6-24-20)23(32)28-16-8-19(31)22-27-15(3)11-30(22)12-16/h4-8,11-14,26,31H,9-10H2,1-3H3,(H,28,32)/t13-,14-/m1/s1. The summed E-state index contributed by atoms with van der Waals surface area (Å²) < 4.78 is 1.69. The SMILES string of the molecule is Cc1cn2cc(NC(=O)c3ccc(N4C[C@@H](C)N[C@H](C)C4)c4nccnc34)cc(O)c2n1. The van der Waals surface area contributed by atoms with Gasteiger partial charge in [-0.3, -0.25) is 14.8 Å². The number of rotatable bonds is 3. The topological polar surface area (TPSA) is 108 Å². The zero-order valence-corrected chi connectivity index (χ0v) is 18.2. The van der Waals surface area contributed by atoms with Crippen LogP contribution >= 0.6 is 0 Å². The first-order valence-electron chi connectivity index (χ1n) is 10.6. The van der Waals surface area contributed by atoms with Gasteiger partial charge in [0.1, 0.15) is 11.0 Å². The van der Waals surface area contributed by atoms with E-state index in [2.05, 4.69) is 44.3 Å². The molecule has 1 amide bonds. The summed E-state index contributed by atoms with van der Waals surface area (Å²) >= 11 is 0. The fraction of sp³-hybridized carbons (Fsp3) is 0.304. The number of aromatic nitrogens is 4. The molecule has 164 valence electrons. The van der Waals surface area contributed by atoms with E-state index < -0.39 is 0 Å². The number of aromatic hydroxyl groups is 1. The summed E-state index contributed by atoms with van der Waals surface area (Å²) in [5.41, 5.74) is 4.32. The quantitative estimate of drug-likeness (QED) is 0.458. The van der Waals surface area contributed by atoms with Gasteiger partial charge in [-0.1, -0.05) is 0 Å². The second-order valence-corrected chi connectivity index (χ2v) is 8.44. The van der Waals surface area contributed by atoms with Crippen LogP contribution in [0.5, 0.6) is 5.75 Å². The van der Waals surface area contributed by atoms with Crippen LogP contribution in [0.25, 0.3) is 16.7 Å². The molecule has 1 aliphatic rings. The highest BCUT2D eigenvalue weighted by molar-refractivity contribution is 6.13. The summed E-state index contributed by atoms with van der Waals surface area (Å²) in [4.78, 5) is 28.8. The van der Waals surface area contributed by atoms with Crippen LogP contribution in [-0.2, 0) is 0 Å². The molecule has 32 heavy (non-hydrogen) atoms. The average molecular weight is 432 g/mol. The zero-order valence-electron chi connectivity index (χ0n) is 18.2. The van der Waals surface area contributed by atoms with E-state index >= 15 is 0 Å². The van der Waals surface area contributed by atoms with E-state index in [1.54, 1.807) is 35.3 Å². The molecule has 0 radical (unpaired) electrons. The molecule has 0 bridgehead atoms. The first-order valence-corrected chi connectivity index (χ1v) is 10.6. The van der Waals surface area contributed by atoms with Crippen LogP contribution in [0.2, 0.25) is 0 Å². The van der Waals surface area contributed by atoms with Gasteiger partial charge >= 0.3 is 0 Å². The minimum atomic E-state index is -0.320. The summed E-state index contributed by atoms with van der Waals surface area (Å²) in [5.74, 6) is -0.322. The van der Waals surface area contributed by atoms with E-state index in [1.807, 2.05) is 13.0 Å². The molecule has 1 aromatic carbocycles. The molecule has 1 saturated heterocycles. The minimum Gasteiger partial charge on any atom is -0.504 e. The second-order valence-electron chi connectivity index (χ2n) is 8.44. The van der Waals surface area contributed by atoms with Crippen molar-refractivity contribution in [3.63, 3.8) is 0 Å². The Labute approximate surface area is 185 Å². The molecular formula is C23H25N7O2. The Bertz CT molecular complexity index is 1320. The zero-order chi connectivity index (χ0) is 22.4. The van der Waals surface area contributed by atoms with Gasteiger partial charge in [-0.25, -0.2) is 4.98 Å². The van der Waals surface area contributed by atoms with Gasteiger partial charge in [0.2, 0.25) is 0 Å². The molecule has 3 N–H and O–H groups in total. The molecule has 3 aromatic heterocycles. The third-order valence-electron chi connectivity index (χ3n) is 5.66. The molecular weight excluding hydrogens is 406 g/mol. The first kappa shape index (κ1) is 20.2. The van der Waals surface area contributed by atoms with Crippen molar-refractivity contribution in [1.82, 2.24) is 24.7 Å². The van der Waals surface area contributed by atoms with Crippen molar-refractivity contribution in [2.75, 3.05) is 23.3 Å². The molecule has 9 heteroatoms. The lowest BCUT2D eigenvalue weighted by Crippen LogP contribution is -2.54. The van der Waals surface area contributed by atoms with Gasteiger partial charge in [-0.15, -0.1) is 0 Å². The fourth-order valence-electron chi connectivity index (χ4n) is 4.47. The Morgan fingerprint density at radius 3 is 2.59 bits per heavy atom. The average Bonchev–Trinajstić information content (AvgIpc) is 3.13. The Balaban J connectivity index is 1.50. The molecule has 0 aliphatic carbocycles. The molecule has 0 unspecified atom stereocenters. The molecule has 9 nitrogen and oxygen atoms in total. The van der Waals surface area contributed by atoms with Crippen LogP contribution in [0.15, 0.2) is 43.0 Å². The number of fused-ring (bicyclic) bond motifs is 2. The van der Waals surface area contributed by atoms with E-state index in [-0.39, 0.29) is 11.7 Å². The van der Waals surface area contributed by atoms with E-state index in [4.69, 9.17) is 0 Å². The largest absolute Gasteiger partial charge is 0.504 e. The highest BCUT2D eigenvalue weighted by Gasteiger charge is 2.24. The van der Waals surface area contributed by atoms with Crippen molar-refractivity contribution in [2.45, 2.75) is 32.9 Å². The number of amides is 1. The second kappa shape index (κ2) is 7.76. The van der Waals surface area contributed by atoms with Crippen molar-refractivity contribution in [3.05, 3.63) is 54.2 Å². The van der Waals surface area contributed by atoms with Crippen molar-refractivity contribution in [2.24, 2.45) is 0 Å². The van der Waals surface area contributed by atoms with Gasteiger partial charge < -0.3 is 25.0 Å². The van der Waals surface area contributed by atoms with Gasteiger partial charge in [0.25, 0.3) is 5.91 Å². The lowest BCUT2D eigenvalue weighted by molar-refractivity contribution is 0.102. The summed E-state index contributed by atoms with van der Waals surface area (Å²) in [7, 11) is 0. The van der Waals surface area contributed by atoms with Crippen LogP contribution in [0, 0.1) is 6.92 Å². The maximum atomic E-state index is 13.2. The van der Waals surface area contributed by atoms with Crippen molar-refractivity contribution in [3.8, 4) is 5.75 Å². The summed E-state index contributed by atoms with van der Waals surface area (Å²) in [6, 6.07) is 5.92. The highest BCUT2D eigenvalue weighted by Crippen LogP contribution is 2.29. The summed E-state index contributed by atoms with van der Waals surface area (Å²) in [6.07, 6.45) is 6.75. The van der Waals surface area contributed by atoms with Crippen LogP contribution in [0.3, 0.4) is 0 Å². The Hall–Kier alpha value is -3.72. The molecule has 1 fully saturated rings. The minimum absolute atomic E-state index is 0.00200. The lowest BCUT2D eigenvalue weighted by atomic mass is 10.1. The van der Waals surface area contributed by atoms with Crippen LogP contribution in [0.4, 0.5) is 11.4 Å². The molecule has 5 rings (SSSR count). The summed E-state index contributed by atoms with van der Waals surface area (Å²) in [6.45, 7) is 7.87. The molecule has 2 atom stereocenters. The molecule has 4 heterocycles. The van der Waals surface area contributed by atoms with Gasteiger partial charge in [-0.05, 0) is 32.9 Å². The third kappa shape index (κ3) is 3.60. The monoisotopic (exact) mass is 431 g/mol. The fourth-order valence-corrected chi connectivity index (χ4v) is 4.47. The Morgan fingerprint density at radius 1 is 1.12 bits per heavy atom. The van der Waals surface area contributed by atoms with Crippen molar-refractivity contribution in [1.29, 1.82) is 0 Å². The van der Waals surface area contributed by atoms with Crippen molar-refractivity contribution < 1.29 is 9.90 Å². The van der Waals surface area contributed by atoms with Crippen LogP contribution in [-0.4, -0.2) is 55.5 Å². The predicted octanol–water partition coefficient (Wildman–Crippen LogP) is 2.73. The van der Waals surface area contributed by atoms with Gasteiger partial charge in [0.05, 0.1) is 22.6 Å². The van der Waals surface area contributed by atoms with E-state index in [9.17, 15) is 9.90 Å². The number of benzene rings is 1. The predicted molar refractivity (Wildman–Crippen MR) is 123 cm³/mol. The number of piperazine rings is 1. The van der Waals surface area contributed by atoms with Crippen LogP contribution < -0.4 is 15.5 Å². The maximum Gasteiger partial charge on any atom is 0.257 e. The highest BCUT2D eigenvalue weighted by atomic mass is 16.3. The molecule has 4 aromatic rings. The Kier molecular flexibility index (Phi) is 4.90. The Morgan fingerprint density at radius 2 is 1.84 bits per heavy atom. The van der Waals surface area contributed by atoms with Gasteiger partial charge in [0, 0.05) is 56.0 Å². The number of pyridine rings is 1. The number of hydrogen-bond acceptors (Lipinski definition) is 7. The number of aryl methyl sites for hydroxylation is 1. The number of imidazole rings is 1.